The molecule has 28 heavy (non-hydrogen) atoms. The largest absolute Gasteiger partial charge is 0.294 e. The van der Waals surface area contributed by atoms with Gasteiger partial charge in [0, 0.05) is 0 Å². The van der Waals surface area contributed by atoms with Crippen molar-refractivity contribution < 1.29 is 4.79 Å². The molecular weight excluding hydrogens is 340 g/mol. The van der Waals surface area contributed by atoms with Gasteiger partial charge in [-0.1, -0.05) is 64.7 Å². The Morgan fingerprint density at radius 1 is 1.18 bits per heavy atom. The molecule has 0 aromatic rings. The number of carbonyl (C=O) groups is 1. The monoisotopic (exact) mass is 382 g/mol. The summed E-state index contributed by atoms with van der Waals surface area (Å²) in [6.07, 6.45) is 16.1. The van der Waals surface area contributed by atoms with Crippen LogP contribution < -0.4 is 0 Å². The first-order valence-electron chi connectivity index (χ1n) is 12.2. The molecular formula is C27H42O. The Morgan fingerprint density at radius 3 is 2.61 bits per heavy atom. The van der Waals surface area contributed by atoms with Gasteiger partial charge in [-0.15, -0.1) is 0 Å². The maximum atomic E-state index is 13.3. The molecule has 1 nitrogen and oxygen atoms in total. The van der Waals surface area contributed by atoms with Gasteiger partial charge in [0.25, 0.3) is 0 Å². The van der Waals surface area contributed by atoms with Crippen LogP contribution in [-0.2, 0) is 4.79 Å². The average molecular weight is 383 g/mol. The summed E-state index contributed by atoms with van der Waals surface area (Å²) in [5, 5.41) is 0. The summed E-state index contributed by atoms with van der Waals surface area (Å²) in [6, 6.07) is 0. The van der Waals surface area contributed by atoms with Crippen LogP contribution in [0, 0.1) is 40.4 Å². The maximum absolute atomic E-state index is 13.3. The molecule has 1 heteroatoms. The topological polar surface area (TPSA) is 17.1 Å². The Morgan fingerprint density at radius 2 is 1.96 bits per heavy atom. The van der Waals surface area contributed by atoms with Crippen molar-refractivity contribution in [1.82, 2.24) is 0 Å². The highest BCUT2D eigenvalue weighted by atomic mass is 16.1. The predicted octanol–water partition coefficient (Wildman–Crippen LogP) is 7.52. The Bertz CT molecular complexity index is 670. The predicted molar refractivity (Wildman–Crippen MR) is 118 cm³/mol. The summed E-state index contributed by atoms with van der Waals surface area (Å²) in [6.45, 7) is 14.0. The molecule has 0 aromatic heterocycles. The van der Waals surface area contributed by atoms with Gasteiger partial charge in [0.15, 0.2) is 5.78 Å². The molecule has 0 aromatic carbocycles. The van der Waals surface area contributed by atoms with Crippen LogP contribution >= 0.6 is 0 Å². The summed E-state index contributed by atoms with van der Waals surface area (Å²) in [5.41, 5.74) is 3.05. The van der Waals surface area contributed by atoms with Crippen LogP contribution in [0.25, 0.3) is 0 Å². The minimum atomic E-state index is -0.122. The van der Waals surface area contributed by atoms with Crippen molar-refractivity contribution in [3.8, 4) is 0 Å². The average Bonchev–Trinajstić information content (AvgIpc) is 3.14. The first-order valence-corrected chi connectivity index (χ1v) is 12.2. The molecule has 156 valence electrons. The fourth-order valence-electron chi connectivity index (χ4n) is 7.69. The molecule has 2 unspecified atom stereocenters. The molecule has 4 rings (SSSR count). The van der Waals surface area contributed by atoms with Crippen molar-refractivity contribution in [3.05, 3.63) is 23.8 Å². The molecule has 0 saturated heterocycles. The van der Waals surface area contributed by atoms with Crippen molar-refractivity contribution in [3.63, 3.8) is 0 Å². The van der Waals surface area contributed by atoms with Gasteiger partial charge in [0.2, 0.25) is 0 Å². The molecule has 0 amide bonds. The Labute approximate surface area is 173 Å². The van der Waals surface area contributed by atoms with Gasteiger partial charge in [-0.05, 0) is 92.4 Å². The lowest BCUT2D eigenvalue weighted by Gasteiger charge is -2.44. The van der Waals surface area contributed by atoms with Crippen LogP contribution in [0.5, 0.6) is 0 Å². The van der Waals surface area contributed by atoms with E-state index in [2.05, 4.69) is 40.3 Å². The highest BCUT2D eigenvalue weighted by Gasteiger charge is 2.63. The molecule has 0 spiro atoms. The second-order valence-electron chi connectivity index (χ2n) is 11.5. The van der Waals surface area contributed by atoms with E-state index >= 15 is 0 Å². The van der Waals surface area contributed by atoms with E-state index in [4.69, 9.17) is 0 Å². The van der Waals surface area contributed by atoms with Crippen LogP contribution in [-0.4, -0.2) is 5.78 Å². The van der Waals surface area contributed by atoms with Gasteiger partial charge in [0.1, 0.15) is 0 Å². The second kappa shape index (κ2) is 7.44. The molecule has 0 aliphatic heterocycles. The number of fused-ring (bicyclic) bond motifs is 2. The summed E-state index contributed by atoms with van der Waals surface area (Å²) in [5.74, 6) is 4.20. The standard InChI is InChI=1S/C27H42O/c1-18(2)8-6-9-19(3)23-13-14-24-21(10-7-15-26(23,24)5)16-25(28)27-17-22(27)12-11-20(27)4/h16,18-19,22-24H,4,6-15,17H2,1-3,5H3/b21-16+/t19-,22?,23-,24+,26-,27?/m1/s1. The summed E-state index contributed by atoms with van der Waals surface area (Å²) in [4.78, 5) is 13.3. The third-order valence-corrected chi connectivity index (χ3v) is 9.45. The molecule has 0 bridgehead atoms. The van der Waals surface area contributed by atoms with Crippen LogP contribution in [0.2, 0.25) is 0 Å². The molecule has 6 atom stereocenters. The van der Waals surface area contributed by atoms with Crippen molar-refractivity contribution in [2.24, 2.45) is 40.4 Å². The van der Waals surface area contributed by atoms with Gasteiger partial charge < -0.3 is 0 Å². The van der Waals surface area contributed by atoms with Crippen LogP contribution in [0.1, 0.15) is 98.3 Å². The zero-order valence-electron chi connectivity index (χ0n) is 18.9. The lowest BCUT2D eigenvalue weighted by Crippen LogP contribution is -2.36. The quantitative estimate of drug-likeness (QED) is 0.329. The number of ketones is 1. The Kier molecular flexibility index (Phi) is 5.43. The number of hydrogen-bond donors (Lipinski definition) is 0. The molecule has 0 radical (unpaired) electrons. The lowest BCUT2D eigenvalue weighted by molar-refractivity contribution is -0.118. The molecule has 4 fully saturated rings. The fourth-order valence-corrected chi connectivity index (χ4v) is 7.69. The van der Waals surface area contributed by atoms with Gasteiger partial charge >= 0.3 is 0 Å². The van der Waals surface area contributed by atoms with Gasteiger partial charge in [0.05, 0.1) is 5.41 Å². The molecule has 0 heterocycles. The number of hydrogen-bond acceptors (Lipinski definition) is 1. The van der Waals surface area contributed by atoms with E-state index in [1.165, 1.54) is 62.5 Å². The van der Waals surface area contributed by atoms with E-state index in [0.717, 1.165) is 37.0 Å². The maximum Gasteiger partial charge on any atom is 0.166 e. The zero-order valence-corrected chi connectivity index (χ0v) is 18.9. The van der Waals surface area contributed by atoms with E-state index in [9.17, 15) is 4.79 Å². The number of allylic oxidation sites excluding steroid dienone is 3. The van der Waals surface area contributed by atoms with E-state index in [-0.39, 0.29) is 5.41 Å². The summed E-state index contributed by atoms with van der Waals surface area (Å²) < 4.78 is 0. The third-order valence-electron chi connectivity index (χ3n) is 9.45. The van der Waals surface area contributed by atoms with Crippen LogP contribution in [0.3, 0.4) is 0 Å². The van der Waals surface area contributed by atoms with Crippen molar-refractivity contribution >= 4 is 5.78 Å². The SMILES string of the molecule is C=C1CCC2CC12C(=O)/C=C1\CCC[C@]2(C)[C@@H]([C@H](C)CCCC(C)C)CC[C@@H]12. The second-order valence-corrected chi connectivity index (χ2v) is 11.5. The number of carbonyl (C=O) groups excluding carboxylic acids is 1. The van der Waals surface area contributed by atoms with E-state index in [1.54, 1.807) is 0 Å². The van der Waals surface area contributed by atoms with Gasteiger partial charge in [-0.2, -0.15) is 0 Å². The van der Waals surface area contributed by atoms with Crippen LogP contribution in [0.15, 0.2) is 23.8 Å². The van der Waals surface area contributed by atoms with Crippen molar-refractivity contribution in [2.75, 3.05) is 0 Å². The van der Waals surface area contributed by atoms with Gasteiger partial charge in [-0.3, -0.25) is 4.79 Å². The zero-order chi connectivity index (χ0) is 20.1. The van der Waals surface area contributed by atoms with Crippen molar-refractivity contribution in [2.45, 2.75) is 98.3 Å². The normalized spacial score (nSPS) is 42.0. The summed E-state index contributed by atoms with van der Waals surface area (Å²) in [7, 11) is 0. The number of rotatable bonds is 7. The molecule has 0 N–H and O–H groups in total. The highest BCUT2D eigenvalue weighted by molar-refractivity contribution is 6.01. The third kappa shape index (κ3) is 3.25. The molecule has 4 aliphatic rings. The van der Waals surface area contributed by atoms with Gasteiger partial charge in [-0.25, -0.2) is 0 Å². The minimum absolute atomic E-state index is 0.122. The van der Waals surface area contributed by atoms with E-state index in [1.807, 2.05) is 0 Å². The Hall–Kier alpha value is -0.850. The van der Waals surface area contributed by atoms with Crippen LogP contribution in [0.4, 0.5) is 0 Å². The lowest BCUT2D eigenvalue weighted by atomic mass is 9.60. The van der Waals surface area contributed by atoms with E-state index < -0.39 is 0 Å². The van der Waals surface area contributed by atoms with E-state index in [0.29, 0.717) is 23.0 Å². The molecule has 4 saturated carbocycles. The Balaban J connectivity index is 1.47. The highest BCUT2D eigenvalue weighted by Crippen LogP contribution is 2.67. The van der Waals surface area contributed by atoms with Crippen molar-refractivity contribution in [1.29, 1.82) is 0 Å². The minimum Gasteiger partial charge on any atom is -0.294 e. The fraction of sp³-hybridized carbons (Fsp3) is 0.815. The first-order chi connectivity index (χ1) is 13.3. The molecule has 4 aliphatic carbocycles. The summed E-state index contributed by atoms with van der Waals surface area (Å²) >= 11 is 0. The first kappa shape index (κ1) is 20.4. The smallest absolute Gasteiger partial charge is 0.166 e.